The molecule has 0 aromatic heterocycles. The lowest BCUT2D eigenvalue weighted by Gasteiger charge is -2.08. The summed E-state index contributed by atoms with van der Waals surface area (Å²) in [6.07, 6.45) is 0. The van der Waals surface area contributed by atoms with Gasteiger partial charge >= 0.3 is 0 Å². The van der Waals surface area contributed by atoms with Gasteiger partial charge in [0.15, 0.2) is 11.5 Å². The maximum Gasteiger partial charge on any atom is 0.231 e. The number of benzene rings is 1. The molecule has 1 aromatic rings. The third-order valence-corrected chi connectivity index (χ3v) is 3.39. The van der Waals surface area contributed by atoms with Gasteiger partial charge in [-0.25, -0.2) is 0 Å². The maximum atomic E-state index is 11.8. The SMILES string of the molecule is CP(C)(=O)c1cc[c]c2c1OCO2. The van der Waals surface area contributed by atoms with Crippen LogP contribution in [0.3, 0.4) is 0 Å². The molecule has 0 saturated heterocycles. The smallest absolute Gasteiger partial charge is 0.231 e. The first kappa shape index (κ1) is 8.64. The normalized spacial score (nSPS) is 14.6. The van der Waals surface area contributed by atoms with Gasteiger partial charge < -0.3 is 14.0 Å². The fraction of sp³-hybridized carbons (Fsp3) is 0.333. The van der Waals surface area contributed by atoms with Crippen LogP contribution in [0.1, 0.15) is 0 Å². The van der Waals surface area contributed by atoms with Gasteiger partial charge in [0.1, 0.15) is 7.14 Å². The third-order valence-electron chi connectivity index (χ3n) is 1.88. The lowest BCUT2D eigenvalue weighted by atomic mass is 10.3. The topological polar surface area (TPSA) is 35.5 Å². The van der Waals surface area contributed by atoms with Crippen LogP contribution in [0, 0.1) is 6.07 Å². The standard InChI is InChI=1S/C9H10O3P/c1-13(2,10)8-5-3-4-7-9(8)12-6-11-7/h3,5H,6H2,1-2H3. The Labute approximate surface area is 77.0 Å². The van der Waals surface area contributed by atoms with Crippen molar-refractivity contribution in [1.82, 2.24) is 0 Å². The Bertz CT molecular complexity index is 380. The summed E-state index contributed by atoms with van der Waals surface area (Å²) >= 11 is 0. The van der Waals surface area contributed by atoms with Gasteiger partial charge in [0.05, 0.1) is 5.30 Å². The van der Waals surface area contributed by atoms with Gasteiger partial charge in [-0.05, 0) is 25.5 Å². The minimum absolute atomic E-state index is 0.197. The van der Waals surface area contributed by atoms with E-state index in [1.54, 1.807) is 25.5 Å². The zero-order valence-electron chi connectivity index (χ0n) is 7.53. The van der Waals surface area contributed by atoms with Crippen molar-refractivity contribution in [3.63, 3.8) is 0 Å². The number of fused-ring (bicyclic) bond motifs is 1. The summed E-state index contributed by atoms with van der Waals surface area (Å²) in [6.45, 7) is 3.62. The molecule has 1 radical (unpaired) electrons. The van der Waals surface area contributed by atoms with Gasteiger partial charge in [0.25, 0.3) is 0 Å². The molecule has 3 nitrogen and oxygen atoms in total. The average Bonchev–Trinajstić information content (AvgIpc) is 2.48. The molecular formula is C9H10O3P. The Balaban J connectivity index is 2.60. The predicted molar refractivity (Wildman–Crippen MR) is 50.5 cm³/mol. The quantitative estimate of drug-likeness (QED) is 0.639. The molecule has 0 spiro atoms. The van der Waals surface area contributed by atoms with E-state index < -0.39 is 7.14 Å². The van der Waals surface area contributed by atoms with Crippen LogP contribution in [-0.2, 0) is 4.57 Å². The number of ether oxygens (including phenoxy) is 2. The van der Waals surface area contributed by atoms with Crippen LogP contribution in [0.4, 0.5) is 0 Å². The van der Waals surface area contributed by atoms with Crippen LogP contribution in [0.25, 0.3) is 0 Å². The second kappa shape index (κ2) is 2.78. The Morgan fingerprint density at radius 2 is 2.23 bits per heavy atom. The number of hydrogen-bond acceptors (Lipinski definition) is 3. The highest BCUT2D eigenvalue weighted by Crippen LogP contribution is 2.43. The van der Waals surface area contributed by atoms with E-state index in [1.165, 1.54) is 0 Å². The summed E-state index contributed by atoms with van der Waals surface area (Å²) in [6, 6.07) is 6.38. The van der Waals surface area contributed by atoms with Crippen LogP contribution in [0.15, 0.2) is 12.1 Å². The first-order valence-corrected chi connectivity index (χ1v) is 6.55. The summed E-state index contributed by atoms with van der Waals surface area (Å²) in [5.74, 6) is 1.16. The van der Waals surface area contributed by atoms with Gasteiger partial charge in [-0.15, -0.1) is 0 Å². The van der Waals surface area contributed by atoms with E-state index in [-0.39, 0.29) is 6.79 Å². The molecule has 69 valence electrons. The molecule has 1 aromatic carbocycles. The highest BCUT2D eigenvalue weighted by molar-refractivity contribution is 7.70. The highest BCUT2D eigenvalue weighted by Gasteiger charge is 2.24. The molecule has 0 saturated carbocycles. The Kier molecular flexibility index (Phi) is 1.85. The Morgan fingerprint density at radius 1 is 1.46 bits per heavy atom. The molecule has 0 bridgehead atoms. The zero-order valence-corrected chi connectivity index (χ0v) is 8.43. The van der Waals surface area contributed by atoms with Gasteiger partial charge in [0, 0.05) is 6.07 Å². The third kappa shape index (κ3) is 1.44. The van der Waals surface area contributed by atoms with Gasteiger partial charge in [-0.1, -0.05) is 0 Å². The molecule has 13 heavy (non-hydrogen) atoms. The highest BCUT2D eigenvalue weighted by atomic mass is 31.2. The van der Waals surface area contributed by atoms with Gasteiger partial charge in [-0.3, -0.25) is 0 Å². The van der Waals surface area contributed by atoms with Crippen molar-refractivity contribution in [2.45, 2.75) is 0 Å². The van der Waals surface area contributed by atoms with Crippen molar-refractivity contribution in [3.05, 3.63) is 18.2 Å². The first-order chi connectivity index (χ1) is 6.09. The maximum absolute atomic E-state index is 11.8. The van der Waals surface area contributed by atoms with Crippen molar-refractivity contribution in [2.24, 2.45) is 0 Å². The summed E-state index contributed by atoms with van der Waals surface area (Å²) in [7, 11) is -2.28. The summed E-state index contributed by atoms with van der Waals surface area (Å²) in [4.78, 5) is 0. The monoisotopic (exact) mass is 197 g/mol. The number of rotatable bonds is 1. The second-order valence-corrected chi connectivity index (χ2v) is 6.46. The molecule has 4 heteroatoms. The molecule has 1 heterocycles. The van der Waals surface area contributed by atoms with E-state index in [1.807, 2.05) is 0 Å². The fourth-order valence-electron chi connectivity index (χ4n) is 1.27. The molecule has 1 aliphatic rings. The summed E-state index contributed by atoms with van der Waals surface area (Å²) in [5, 5.41) is 0.735. The van der Waals surface area contributed by atoms with E-state index in [0.717, 1.165) is 5.30 Å². The number of hydrogen-bond donors (Lipinski definition) is 0. The molecule has 0 atom stereocenters. The molecule has 0 amide bonds. The van der Waals surface area contributed by atoms with E-state index in [0.29, 0.717) is 11.5 Å². The molecule has 2 rings (SSSR count). The van der Waals surface area contributed by atoms with E-state index in [2.05, 4.69) is 6.07 Å². The Morgan fingerprint density at radius 3 is 2.92 bits per heavy atom. The van der Waals surface area contributed by atoms with Crippen molar-refractivity contribution < 1.29 is 14.0 Å². The molecule has 1 aliphatic heterocycles. The van der Waals surface area contributed by atoms with Crippen LogP contribution in [0.2, 0.25) is 0 Å². The van der Waals surface area contributed by atoms with Crippen LogP contribution < -0.4 is 14.8 Å². The minimum atomic E-state index is -2.28. The molecule has 0 fully saturated rings. The van der Waals surface area contributed by atoms with Crippen molar-refractivity contribution >= 4 is 12.4 Å². The van der Waals surface area contributed by atoms with Gasteiger partial charge in [-0.2, -0.15) is 0 Å². The van der Waals surface area contributed by atoms with Gasteiger partial charge in [0.2, 0.25) is 6.79 Å². The van der Waals surface area contributed by atoms with E-state index in [4.69, 9.17) is 9.47 Å². The minimum Gasteiger partial charge on any atom is -0.453 e. The fourth-order valence-corrected chi connectivity index (χ4v) is 2.36. The van der Waals surface area contributed by atoms with Crippen molar-refractivity contribution in [3.8, 4) is 11.5 Å². The average molecular weight is 197 g/mol. The molecule has 0 aliphatic carbocycles. The summed E-state index contributed by atoms with van der Waals surface area (Å²) in [5.41, 5.74) is 0. The van der Waals surface area contributed by atoms with Crippen molar-refractivity contribution in [2.75, 3.05) is 20.1 Å². The van der Waals surface area contributed by atoms with E-state index >= 15 is 0 Å². The molecule has 0 unspecified atom stereocenters. The molecule has 0 N–H and O–H groups in total. The largest absolute Gasteiger partial charge is 0.453 e. The summed E-state index contributed by atoms with van der Waals surface area (Å²) < 4.78 is 22.2. The molecular weight excluding hydrogens is 187 g/mol. The Hall–Kier alpha value is -0.950. The first-order valence-electron chi connectivity index (χ1n) is 3.95. The van der Waals surface area contributed by atoms with E-state index in [9.17, 15) is 4.57 Å². The lowest BCUT2D eigenvalue weighted by Crippen LogP contribution is -2.05. The van der Waals surface area contributed by atoms with Crippen LogP contribution >= 0.6 is 7.14 Å². The zero-order chi connectivity index (χ0) is 9.47. The van der Waals surface area contributed by atoms with Crippen molar-refractivity contribution in [1.29, 1.82) is 0 Å². The van der Waals surface area contributed by atoms with Crippen LogP contribution in [-0.4, -0.2) is 20.1 Å². The lowest BCUT2D eigenvalue weighted by molar-refractivity contribution is 0.174. The predicted octanol–water partition coefficient (Wildman–Crippen LogP) is 1.46. The van der Waals surface area contributed by atoms with Crippen LogP contribution in [0.5, 0.6) is 11.5 Å². The second-order valence-electron chi connectivity index (χ2n) is 3.28.